The van der Waals surface area contributed by atoms with Crippen LogP contribution in [0.4, 0.5) is 0 Å². The molecule has 4 rings (SSSR count). The summed E-state index contributed by atoms with van der Waals surface area (Å²) in [6.45, 7) is 11.2. The van der Waals surface area contributed by atoms with E-state index in [0.29, 0.717) is 25.6 Å². The third-order valence-corrected chi connectivity index (χ3v) is 9.56. The molecule has 0 saturated carbocycles. The van der Waals surface area contributed by atoms with Crippen LogP contribution in [0.2, 0.25) is 0 Å². The molecule has 0 atom stereocenters. The maximum Gasteiger partial charge on any atom is 0.241 e. The number of carbonyl (C=O) groups excluding carboxylic acids is 1. The molecule has 2 aliphatic rings. The van der Waals surface area contributed by atoms with Gasteiger partial charge in [-0.2, -0.15) is 0 Å². The van der Waals surface area contributed by atoms with E-state index in [4.69, 9.17) is 4.74 Å². The van der Waals surface area contributed by atoms with Gasteiger partial charge in [-0.3, -0.25) is 9.69 Å². The van der Waals surface area contributed by atoms with E-state index in [9.17, 15) is 13.2 Å². The molecular weight excluding hydrogens is 510 g/mol. The fourth-order valence-corrected chi connectivity index (χ4v) is 6.94. The molecule has 2 aliphatic heterocycles. The van der Waals surface area contributed by atoms with Gasteiger partial charge in [-0.1, -0.05) is 56.2 Å². The number of sulfonamides is 1. The van der Waals surface area contributed by atoms with Gasteiger partial charge in [0, 0.05) is 32.7 Å². The van der Waals surface area contributed by atoms with Crippen molar-refractivity contribution in [2.45, 2.75) is 64.2 Å². The number of ether oxygens (including phenoxy) is 1. The second-order valence-corrected chi connectivity index (χ2v) is 13.6. The van der Waals surface area contributed by atoms with Crippen LogP contribution in [-0.2, 0) is 21.2 Å². The van der Waals surface area contributed by atoms with Gasteiger partial charge in [0.25, 0.3) is 0 Å². The molecule has 0 radical (unpaired) electrons. The number of nitrogens with one attached hydrogen (secondary N) is 1. The quantitative estimate of drug-likeness (QED) is 0.562. The van der Waals surface area contributed by atoms with Gasteiger partial charge in [0.1, 0.15) is 12.4 Å². The second kappa shape index (κ2) is 13.3. The number of hydrogen-bond donors (Lipinski definition) is 1. The van der Waals surface area contributed by atoms with E-state index in [1.54, 1.807) is 24.3 Å². The van der Waals surface area contributed by atoms with E-state index in [-0.39, 0.29) is 22.8 Å². The van der Waals surface area contributed by atoms with Gasteiger partial charge in [-0.05, 0) is 74.1 Å². The van der Waals surface area contributed by atoms with Crippen LogP contribution in [0.1, 0.15) is 57.1 Å². The maximum absolute atomic E-state index is 13.0. The van der Waals surface area contributed by atoms with Crippen molar-refractivity contribution in [3.8, 4) is 5.75 Å². The van der Waals surface area contributed by atoms with E-state index in [2.05, 4.69) is 41.7 Å². The molecule has 1 spiro atoms. The lowest BCUT2D eigenvalue weighted by Gasteiger charge is -2.45. The number of carbonyl (C=O) groups is 1. The molecule has 1 amide bonds. The van der Waals surface area contributed by atoms with Gasteiger partial charge in [-0.25, -0.2) is 13.1 Å². The molecule has 0 aromatic heterocycles. The molecule has 39 heavy (non-hydrogen) atoms. The van der Waals surface area contributed by atoms with E-state index in [1.165, 1.54) is 5.56 Å². The van der Waals surface area contributed by atoms with Gasteiger partial charge in [0.2, 0.25) is 15.9 Å². The molecular formula is C31H45N3O4S. The fraction of sp³-hybridized carbons (Fsp3) is 0.581. The topological polar surface area (TPSA) is 79.0 Å². The Morgan fingerprint density at radius 3 is 2.44 bits per heavy atom. The highest BCUT2D eigenvalue weighted by atomic mass is 32.2. The molecule has 214 valence electrons. The van der Waals surface area contributed by atoms with E-state index >= 15 is 0 Å². The number of benzene rings is 2. The lowest BCUT2D eigenvalue weighted by Crippen LogP contribution is -2.50. The summed E-state index contributed by atoms with van der Waals surface area (Å²) in [6.07, 6.45) is 6.31. The lowest BCUT2D eigenvalue weighted by molar-refractivity contribution is -0.132. The van der Waals surface area contributed by atoms with Crippen molar-refractivity contribution in [2.24, 2.45) is 11.3 Å². The van der Waals surface area contributed by atoms with Crippen molar-refractivity contribution in [1.82, 2.24) is 14.5 Å². The molecule has 7 nitrogen and oxygen atoms in total. The zero-order valence-electron chi connectivity index (χ0n) is 23.8. The molecule has 0 aliphatic carbocycles. The maximum atomic E-state index is 13.0. The Balaban J connectivity index is 1.38. The van der Waals surface area contributed by atoms with Gasteiger partial charge >= 0.3 is 0 Å². The molecule has 1 N–H and O–H groups in total. The predicted octanol–water partition coefficient (Wildman–Crippen LogP) is 4.65. The van der Waals surface area contributed by atoms with E-state index in [0.717, 1.165) is 69.5 Å². The summed E-state index contributed by atoms with van der Waals surface area (Å²) >= 11 is 0. The first-order chi connectivity index (χ1) is 18.7. The van der Waals surface area contributed by atoms with Crippen LogP contribution in [0.5, 0.6) is 5.75 Å². The number of likely N-dealkylation sites (tertiary alicyclic amines) is 1. The van der Waals surface area contributed by atoms with Gasteiger partial charge in [0.05, 0.1) is 11.4 Å². The largest absolute Gasteiger partial charge is 0.492 e. The van der Waals surface area contributed by atoms with Crippen molar-refractivity contribution in [3.05, 3.63) is 59.7 Å². The number of nitrogens with zero attached hydrogens (tertiary/aromatic N) is 2. The first-order valence-corrected chi connectivity index (χ1v) is 15.9. The van der Waals surface area contributed by atoms with Crippen LogP contribution in [0.25, 0.3) is 0 Å². The predicted molar refractivity (Wildman–Crippen MR) is 155 cm³/mol. The molecule has 8 heteroatoms. The standard InChI is InChI=1S/C31H45N3O4S/c1-25(2)23-33-20-21-38-29-10-5-4-8-27(29)9-6-7-15-31(24-33)16-18-34(19-17-31)30(35)22-32-39(36,37)28-13-11-26(3)12-14-28/h4-5,8,10-14,25,32H,6-7,9,15-24H2,1-3H3. The highest BCUT2D eigenvalue weighted by Gasteiger charge is 2.37. The smallest absolute Gasteiger partial charge is 0.241 e. The van der Waals surface area contributed by atoms with Crippen LogP contribution in [-0.4, -0.2) is 70.0 Å². The Kier molecular flexibility index (Phi) is 10.1. The van der Waals surface area contributed by atoms with Crippen LogP contribution in [0.15, 0.2) is 53.4 Å². The monoisotopic (exact) mass is 555 g/mol. The van der Waals surface area contributed by atoms with Gasteiger partial charge < -0.3 is 9.64 Å². The molecule has 2 aromatic rings. The van der Waals surface area contributed by atoms with Gasteiger partial charge in [0.15, 0.2) is 0 Å². The minimum Gasteiger partial charge on any atom is -0.492 e. The third-order valence-electron chi connectivity index (χ3n) is 8.14. The SMILES string of the molecule is Cc1ccc(S(=O)(=O)NCC(=O)N2CCC3(CCCCc4ccccc4OCCN(CC(C)C)C3)CC2)cc1. The van der Waals surface area contributed by atoms with Crippen molar-refractivity contribution < 1.29 is 17.9 Å². The number of para-hydroxylation sites is 1. The molecule has 2 aromatic carbocycles. The summed E-state index contributed by atoms with van der Waals surface area (Å²) in [7, 11) is -3.72. The molecule has 0 unspecified atom stereocenters. The molecule has 0 bridgehead atoms. The van der Waals surface area contributed by atoms with Crippen molar-refractivity contribution >= 4 is 15.9 Å². The van der Waals surface area contributed by atoms with Crippen LogP contribution >= 0.6 is 0 Å². The van der Waals surface area contributed by atoms with Crippen molar-refractivity contribution in [2.75, 3.05) is 45.9 Å². The second-order valence-electron chi connectivity index (χ2n) is 11.8. The zero-order chi connectivity index (χ0) is 27.9. The Bertz CT molecular complexity index is 1190. The van der Waals surface area contributed by atoms with E-state index < -0.39 is 10.0 Å². The number of fused-ring (bicyclic) bond motifs is 1. The molecule has 1 saturated heterocycles. The van der Waals surface area contributed by atoms with Crippen molar-refractivity contribution in [3.63, 3.8) is 0 Å². The summed E-state index contributed by atoms with van der Waals surface area (Å²) in [5.41, 5.74) is 2.44. The highest BCUT2D eigenvalue weighted by molar-refractivity contribution is 7.89. The van der Waals surface area contributed by atoms with E-state index in [1.807, 2.05) is 17.9 Å². The minimum absolute atomic E-state index is 0.155. The van der Waals surface area contributed by atoms with Crippen LogP contribution in [0, 0.1) is 18.3 Å². The van der Waals surface area contributed by atoms with Crippen LogP contribution < -0.4 is 9.46 Å². The summed E-state index contributed by atoms with van der Waals surface area (Å²) < 4.78 is 34.1. The fourth-order valence-electron chi connectivity index (χ4n) is 5.96. The Hall–Kier alpha value is -2.42. The Morgan fingerprint density at radius 1 is 1.00 bits per heavy atom. The zero-order valence-corrected chi connectivity index (χ0v) is 24.6. The minimum atomic E-state index is -3.72. The summed E-state index contributed by atoms with van der Waals surface area (Å²) in [4.78, 5) is 17.6. The lowest BCUT2D eigenvalue weighted by atomic mass is 9.73. The molecule has 2 heterocycles. The summed E-state index contributed by atoms with van der Waals surface area (Å²) in [5.74, 6) is 1.42. The van der Waals surface area contributed by atoms with Gasteiger partial charge in [-0.15, -0.1) is 0 Å². The number of hydrogen-bond acceptors (Lipinski definition) is 5. The number of amides is 1. The normalized spacial score (nSPS) is 19.1. The number of rotatable bonds is 6. The Labute approximate surface area is 235 Å². The number of aryl methyl sites for hydroxylation is 2. The number of piperidine rings is 1. The molecule has 1 fully saturated rings. The Morgan fingerprint density at radius 2 is 1.72 bits per heavy atom. The summed E-state index contributed by atoms with van der Waals surface area (Å²) in [5, 5.41) is 0. The van der Waals surface area contributed by atoms with Crippen LogP contribution in [0.3, 0.4) is 0 Å². The summed E-state index contributed by atoms with van der Waals surface area (Å²) in [6, 6.07) is 15.1. The average Bonchev–Trinajstić information content (AvgIpc) is 2.90. The third kappa shape index (κ3) is 8.29. The highest BCUT2D eigenvalue weighted by Crippen LogP contribution is 2.38. The average molecular weight is 556 g/mol. The first-order valence-electron chi connectivity index (χ1n) is 14.4. The first kappa shape index (κ1) is 29.6. The van der Waals surface area contributed by atoms with Crippen molar-refractivity contribution in [1.29, 1.82) is 0 Å².